The minimum Gasteiger partial charge on any atom is -0.465 e. The monoisotopic (exact) mass is 337 g/mol. The van der Waals surface area contributed by atoms with Gasteiger partial charge in [-0.1, -0.05) is 0 Å². The van der Waals surface area contributed by atoms with E-state index in [0.29, 0.717) is 19.6 Å². The van der Waals surface area contributed by atoms with Crippen LogP contribution in [0.3, 0.4) is 0 Å². The zero-order valence-electron chi connectivity index (χ0n) is 9.44. The third-order valence-corrected chi connectivity index (χ3v) is 2.73. The molecule has 1 N–H and O–H groups in total. The highest BCUT2D eigenvalue weighted by Gasteiger charge is 2.17. The zero-order valence-corrected chi connectivity index (χ0v) is 11.6. The van der Waals surface area contributed by atoms with E-state index in [9.17, 15) is 4.79 Å². The Morgan fingerprint density at radius 2 is 2.50 bits per heavy atom. The average molecular weight is 337 g/mol. The van der Waals surface area contributed by atoms with Gasteiger partial charge in [0, 0.05) is 12.7 Å². The van der Waals surface area contributed by atoms with Crippen LogP contribution in [0.2, 0.25) is 0 Å². The first-order valence-electron chi connectivity index (χ1n) is 5.19. The van der Waals surface area contributed by atoms with Crippen molar-refractivity contribution >= 4 is 28.6 Å². The van der Waals surface area contributed by atoms with Crippen LogP contribution < -0.4 is 5.32 Å². The van der Waals surface area contributed by atoms with Crippen molar-refractivity contribution < 1.29 is 9.53 Å². The van der Waals surface area contributed by atoms with E-state index in [1.54, 1.807) is 20.2 Å². The maximum atomic E-state index is 11.5. The van der Waals surface area contributed by atoms with Crippen LogP contribution >= 0.6 is 22.6 Å². The number of nitrogens with one attached hydrogen (secondary N) is 1. The molecule has 0 saturated heterocycles. The number of hydrogen-bond acceptors (Lipinski definition) is 4. The van der Waals surface area contributed by atoms with Gasteiger partial charge < -0.3 is 10.1 Å². The largest absolute Gasteiger partial charge is 0.465 e. The van der Waals surface area contributed by atoms with Crippen LogP contribution in [0.4, 0.5) is 0 Å². The standard InChI is InChI=1S/C10H16IN3O2/c1-3-16-10(15)9(12-2)4-5-14-7-8(11)6-13-14/h6-7,9,12H,3-5H2,1-2H3. The summed E-state index contributed by atoms with van der Waals surface area (Å²) in [4.78, 5) is 11.5. The van der Waals surface area contributed by atoms with E-state index < -0.39 is 0 Å². The van der Waals surface area contributed by atoms with Gasteiger partial charge in [0.05, 0.1) is 16.4 Å². The summed E-state index contributed by atoms with van der Waals surface area (Å²) in [5, 5.41) is 7.10. The van der Waals surface area contributed by atoms with E-state index in [-0.39, 0.29) is 12.0 Å². The third kappa shape index (κ3) is 4.09. The molecule has 0 spiro atoms. The molecule has 1 unspecified atom stereocenters. The number of nitrogens with zero attached hydrogens (tertiary/aromatic N) is 2. The molecule has 0 radical (unpaired) electrons. The van der Waals surface area contributed by atoms with Gasteiger partial charge in [-0.15, -0.1) is 0 Å². The normalized spacial score (nSPS) is 12.4. The van der Waals surface area contributed by atoms with Crippen LogP contribution in [0.5, 0.6) is 0 Å². The molecule has 0 aliphatic heterocycles. The predicted octanol–water partition coefficient (Wildman–Crippen LogP) is 1.03. The van der Waals surface area contributed by atoms with Gasteiger partial charge in [0.1, 0.15) is 6.04 Å². The second-order valence-electron chi connectivity index (χ2n) is 3.30. The topological polar surface area (TPSA) is 56.2 Å². The Bertz CT molecular complexity index is 341. The van der Waals surface area contributed by atoms with Crippen molar-refractivity contribution in [2.45, 2.75) is 25.9 Å². The number of likely N-dealkylation sites (N-methyl/N-ethyl adjacent to an activating group) is 1. The van der Waals surface area contributed by atoms with Gasteiger partial charge in [0.15, 0.2) is 0 Å². The fraction of sp³-hybridized carbons (Fsp3) is 0.600. The van der Waals surface area contributed by atoms with E-state index in [4.69, 9.17) is 4.74 Å². The summed E-state index contributed by atoms with van der Waals surface area (Å²) in [6, 6.07) is -0.262. The number of carbonyl (C=O) groups excluding carboxylic acids is 1. The van der Waals surface area contributed by atoms with Crippen molar-refractivity contribution in [3.63, 3.8) is 0 Å². The van der Waals surface area contributed by atoms with Gasteiger partial charge in [-0.05, 0) is 43.0 Å². The highest BCUT2D eigenvalue weighted by Crippen LogP contribution is 2.03. The van der Waals surface area contributed by atoms with Crippen molar-refractivity contribution in [2.24, 2.45) is 0 Å². The van der Waals surface area contributed by atoms with Crippen molar-refractivity contribution in [1.29, 1.82) is 0 Å². The first-order valence-corrected chi connectivity index (χ1v) is 6.27. The Kier molecular flexibility index (Phi) is 5.75. The molecule has 1 rings (SSSR count). The van der Waals surface area contributed by atoms with Crippen LogP contribution in [-0.2, 0) is 16.1 Å². The van der Waals surface area contributed by atoms with Crippen LogP contribution in [0, 0.1) is 3.57 Å². The summed E-state index contributed by atoms with van der Waals surface area (Å²) < 4.78 is 7.87. The van der Waals surface area contributed by atoms with Gasteiger partial charge in [0.25, 0.3) is 0 Å². The van der Waals surface area contributed by atoms with Gasteiger partial charge in [0.2, 0.25) is 0 Å². The molecule has 1 aromatic rings. The number of carbonyl (C=O) groups is 1. The maximum Gasteiger partial charge on any atom is 0.323 e. The van der Waals surface area contributed by atoms with Crippen LogP contribution in [0.15, 0.2) is 12.4 Å². The van der Waals surface area contributed by atoms with E-state index >= 15 is 0 Å². The Morgan fingerprint density at radius 3 is 3.00 bits per heavy atom. The van der Waals surface area contributed by atoms with Crippen LogP contribution in [-0.4, -0.2) is 35.4 Å². The molecule has 0 bridgehead atoms. The summed E-state index contributed by atoms with van der Waals surface area (Å²) in [6.07, 6.45) is 4.41. The smallest absolute Gasteiger partial charge is 0.323 e. The molecule has 0 aliphatic rings. The van der Waals surface area contributed by atoms with Crippen LogP contribution in [0.1, 0.15) is 13.3 Å². The molecule has 1 heterocycles. The summed E-state index contributed by atoms with van der Waals surface area (Å²) in [5.41, 5.74) is 0. The van der Waals surface area contributed by atoms with E-state index in [1.165, 1.54) is 0 Å². The quantitative estimate of drug-likeness (QED) is 0.622. The Morgan fingerprint density at radius 1 is 1.75 bits per heavy atom. The summed E-state index contributed by atoms with van der Waals surface area (Å²) in [5.74, 6) is -0.202. The van der Waals surface area contributed by atoms with Gasteiger partial charge in [-0.2, -0.15) is 5.10 Å². The highest BCUT2D eigenvalue weighted by atomic mass is 127. The number of halogens is 1. The molecule has 0 aromatic carbocycles. The summed E-state index contributed by atoms with van der Waals surface area (Å²) >= 11 is 2.20. The lowest BCUT2D eigenvalue weighted by atomic mass is 10.2. The second kappa shape index (κ2) is 6.85. The number of ether oxygens (including phenoxy) is 1. The van der Waals surface area contributed by atoms with Crippen molar-refractivity contribution in [3.05, 3.63) is 16.0 Å². The fourth-order valence-corrected chi connectivity index (χ4v) is 1.79. The van der Waals surface area contributed by atoms with Gasteiger partial charge >= 0.3 is 5.97 Å². The lowest BCUT2D eigenvalue weighted by Gasteiger charge is -2.14. The molecule has 0 aliphatic carbocycles. The van der Waals surface area contributed by atoms with E-state index in [2.05, 4.69) is 33.0 Å². The van der Waals surface area contributed by atoms with Gasteiger partial charge in [-0.3, -0.25) is 9.48 Å². The molecule has 0 fully saturated rings. The fourth-order valence-electron chi connectivity index (χ4n) is 1.34. The molecule has 0 amide bonds. The summed E-state index contributed by atoms with van der Waals surface area (Å²) in [6.45, 7) is 2.92. The molecule has 1 aromatic heterocycles. The second-order valence-corrected chi connectivity index (χ2v) is 4.55. The predicted molar refractivity (Wildman–Crippen MR) is 69.0 cm³/mol. The molecule has 0 saturated carbocycles. The molecule has 16 heavy (non-hydrogen) atoms. The number of esters is 1. The van der Waals surface area contributed by atoms with E-state index in [1.807, 2.05) is 10.9 Å². The number of hydrogen-bond donors (Lipinski definition) is 1. The van der Waals surface area contributed by atoms with Crippen molar-refractivity contribution in [2.75, 3.05) is 13.7 Å². The summed E-state index contributed by atoms with van der Waals surface area (Å²) in [7, 11) is 1.76. The molecule has 5 nitrogen and oxygen atoms in total. The molecule has 1 atom stereocenters. The molecule has 90 valence electrons. The average Bonchev–Trinajstić information content (AvgIpc) is 2.65. The van der Waals surface area contributed by atoms with Crippen molar-refractivity contribution in [3.8, 4) is 0 Å². The number of aryl methyl sites for hydroxylation is 1. The minimum atomic E-state index is -0.262. The first-order chi connectivity index (χ1) is 7.67. The third-order valence-electron chi connectivity index (χ3n) is 2.17. The zero-order chi connectivity index (χ0) is 12.0. The molecular weight excluding hydrogens is 321 g/mol. The minimum absolute atomic E-state index is 0.202. The lowest BCUT2D eigenvalue weighted by Crippen LogP contribution is -2.36. The van der Waals surface area contributed by atoms with Crippen molar-refractivity contribution in [1.82, 2.24) is 15.1 Å². The number of aromatic nitrogens is 2. The number of rotatable bonds is 6. The SMILES string of the molecule is CCOC(=O)C(CCn1cc(I)cn1)NC. The van der Waals surface area contributed by atoms with Crippen LogP contribution in [0.25, 0.3) is 0 Å². The van der Waals surface area contributed by atoms with E-state index in [0.717, 1.165) is 3.57 Å². The lowest BCUT2D eigenvalue weighted by molar-refractivity contribution is -0.145. The molecular formula is C10H16IN3O2. The Labute approximate surface area is 109 Å². The van der Waals surface area contributed by atoms with Gasteiger partial charge in [-0.25, -0.2) is 0 Å². The first kappa shape index (κ1) is 13.4. The maximum absolute atomic E-state index is 11.5. The Balaban J connectivity index is 2.42. The molecule has 6 heteroatoms. The Hall–Kier alpha value is -0.630. The highest BCUT2D eigenvalue weighted by molar-refractivity contribution is 14.1.